The van der Waals surface area contributed by atoms with Gasteiger partial charge in [0, 0.05) is 44.8 Å². The lowest BCUT2D eigenvalue weighted by Gasteiger charge is -2.35. The Morgan fingerprint density at radius 1 is 1.04 bits per heavy atom. The molecule has 1 unspecified atom stereocenters. The average Bonchev–Trinajstić information content (AvgIpc) is 2.75. The summed E-state index contributed by atoms with van der Waals surface area (Å²) in [4.78, 5) is 40.8. The minimum absolute atomic E-state index is 0.000564. The lowest BCUT2D eigenvalue weighted by Crippen LogP contribution is -2.51. The van der Waals surface area contributed by atoms with E-state index in [2.05, 4.69) is 15.5 Å². The molecule has 3 amide bonds. The molecule has 0 radical (unpaired) electrons. The van der Waals surface area contributed by atoms with Gasteiger partial charge in [0.05, 0.1) is 12.5 Å². The zero-order valence-electron chi connectivity index (χ0n) is 16.5. The molecular formula is C21H30N4O3. The molecule has 152 valence electrons. The topological polar surface area (TPSA) is 81.8 Å². The van der Waals surface area contributed by atoms with Gasteiger partial charge in [-0.05, 0) is 37.8 Å². The first-order valence-corrected chi connectivity index (χ1v) is 10.1. The fourth-order valence-corrected chi connectivity index (χ4v) is 3.98. The molecule has 7 nitrogen and oxygen atoms in total. The second-order valence-electron chi connectivity index (χ2n) is 7.69. The summed E-state index contributed by atoms with van der Waals surface area (Å²) in [5, 5.41) is 5.81. The van der Waals surface area contributed by atoms with Crippen LogP contribution in [0.2, 0.25) is 0 Å². The maximum absolute atomic E-state index is 12.7. The number of likely N-dealkylation sites (tertiary alicyclic amines) is 2. The Labute approximate surface area is 166 Å². The van der Waals surface area contributed by atoms with Crippen molar-refractivity contribution in [2.45, 2.75) is 31.7 Å². The molecule has 0 aromatic heterocycles. The number of nitrogens with zero attached hydrogens (tertiary/aromatic N) is 2. The fourth-order valence-electron chi connectivity index (χ4n) is 3.98. The lowest BCUT2D eigenvalue weighted by molar-refractivity contribution is -0.128. The molecule has 3 rings (SSSR count). The van der Waals surface area contributed by atoms with E-state index in [0.717, 1.165) is 38.8 Å². The molecule has 1 aromatic carbocycles. The smallest absolute Gasteiger partial charge is 0.253 e. The Balaban J connectivity index is 1.47. The molecule has 2 fully saturated rings. The number of hydrogen-bond donors (Lipinski definition) is 2. The average molecular weight is 386 g/mol. The molecule has 7 heteroatoms. The van der Waals surface area contributed by atoms with E-state index in [1.165, 1.54) is 0 Å². The summed E-state index contributed by atoms with van der Waals surface area (Å²) in [6, 6.07) is 9.39. The summed E-state index contributed by atoms with van der Waals surface area (Å²) in [6.45, 7) is 3.21. The van der Waals surface area contributed by atoms with Crippen LogP contribution in [-0.4, -0.2) is 73.3 Å². The van der Waals surface area contributed by atoms with E-state index in [1.807, 2.05) is 30.3 Å². The van der Waals surface area contributed by atoms with Gasteiger partial charge < -0.3 is 15.5 Å². The molecule has 1 atom stereocenters. The van der Waals surface area contributed by atoms with Crippen molar-refractivity contribution in [2.24, 2.45) is 5.92 Å². The van der Waals surface area contributed by atoms with E-state index in [0.29, 0.717) is 25.2 Å². The van der Waals surface area contributed by atoms with Crippen molar-refractivity contribution in [1.82, 2.24) is 20.4 Å². The number of rotatable bonds is 5. The second-order valence-corrected chi connectivity index (χ2v) is 7.69. The quantitative estimate of drug-likeness (QED) is 0.787. The third-order valence-corrected chi connectivity index (χ3v) is 5.68. The summed E-state index contributed by atoms with van der Waals surface area (Å²) < 4.78 is 0. The first kappa shape index (κ1) is 20.3. The van der Waals surface area contributed by atoms with Crippen LogP contribution in [0.4, 0.5) is 0 Å². The Morgan fingerprint density at radius 2 is 1.75 bits per heavy atom. The first-order valence-electron chi connectivity index (χ1n) is 10.1. The number of carbonyl (C=O) groups excluding carboxylic acids is 3. The second kappa shape index (κ2) is 9.68. The highest BCUT2D eigenvalue weighted by atomic mass is 16.2. The van der Waals surface area contributed by atoms with Gasteiger partial charge in [0.15, 0.2) is 0 Å². The van der Waals surface area contributed by atoms with E-state index in [4.69, 9.17) is 0 Å². The Kier molecular flexibility index (Phi) is 7.03. The molecule has 0 aliphatic carbocycles. The maximum Gasteiger partial charge on any atom is 0.253 e. The number of benzene rings is 1. The molecule has 2 N–H and O–H groups in total. The normalized spacial score (nSPS) is 21.2. The number of piperidine rings is 2. The molecular weight excluding hydrogens is 356 g/mol. The highest BCUT2D eigenvalue weighted by molar-refractivity contribution is 5.94. The van der Waals surface area contributed by atoms with E-state index < -0.39 is 0 Å². The Bertz CT molecular complexity index is 686. The van der Waals surface area contributed by atoms with E-state index in [9.17, 15) is 14.4 Å². The largest absolute Gasteiger partial charge is 0.358 e. The molecule has 2 heterocycles. The van der Waals surface area contributed by atoms with Crippen molar-refractivity contribution in [3.05, 3.63) is 35.9 Å². The predicted molar refractivity (Wildman–Crippen MR) is 107 cm³/mol. The van der Waals surface area contributed by atoms with Gasteiger partial charge in [-0.3, -0.25) is 19.3 Å². The number of likely N-dealkylation sites (N-methyl/N-ethyl adjacent to an activating group) is 1. The summed E-state index contributed by atoms with van der Waals surface area (Å²) in [5.41, 5.74) is 0.673. The van der Waals surface area contributed by atoms with Gasteiger partial charge in [0.2, 0.25) is 11.8 Å². The molecule has 2 aliphatic heterocycles. The van der Waals surface area contributed by atoms with Crippen molar-refractivity contribution in [3.63, 3.8) is 0 Å². The van der Waals surface area contributed by atoms with Crippen molar-refractivity contribution in [2.75, 3.05) is 39.8 Å². The number of hydrogen-bond acceptors (Lipinski definition) is 4. The summed E-state index contributed by atoms with van der Waals surface area (Å²) in [6.07, 6.45) is 3.37. The van der Waals surface area contributed by atoms with Crippen molar-refractivity contribution in [1.29, 1.82) is 0 Å². The van der Waals surface area contributed by atoms with Gasteiger partial charge in [0.1, 0.15) is 0 Å². The van der Waals surface area contributed by atoms with E-state index >= 15 is 0 Å². The summed E-state index contributed by atoms with van der Waals surface area (Å²) in [7, 11) is 1.64. The minimum Gasteiger partial charge on any atom is -0.358 e. The van der Waals surface area contributed by atoms with Gasteiger partial charge in [0.25, 0.3) is 5.91 Å². The molecule has 0 saturated carbocycles. The SMILES string of the molecule is CNC(=O)CN1CCC(NC(=O)C2CCCN(C(=O)c3ccccc3)C2)CC1. The van der Waals surface area contributed by atoms with Gasteiger partial charge >= 0.3 is 0 Å². The fraction of sp³-hybridized carbons (Fsp3) is 0.571. The number of carbonyl (C=O) groups is 3. The van der Waals surface area contributed by atoms with Crippen LogP contribution >= 0.6 is 0 Å². The molecule has 1 aromatic rings. The summed E-state index contributed by atoms with van der Waals surface area (Å²) in [5.74, 6) is -0.0749. The van der Waals surface area contributed by atoms with Gasteiger partial charge in [-0.15, -0.1) is 0 Å². The lowest BCUT2D eigenvalue weighted by atomic mass is 9.95. The van der Waals surface area contributed by atoms with Gasteiger partial charge in [-0.2, -0.15) is 0 Å². The van der Waals surface area contributed by atoms with Crippen LogP contribution in [-0.2, 0) is 9.59 Å². The van der Waals surface area contributed by atoms with E-state index in [1.54, 1.807) is 11.9 Å². The third-order valence-electron chi connectivity index (χ3n) is 5.68. The highest BCUT2D eigenvalue weighted by Crippen LogP contribution is 2.20. The first-order chi connectivity index (χ1) is 13.6. The standard InChI is InChI=1S/C21H30N4O3/c1-22-19(26)15-24-12-9-18(10-13-24)23-20(27)17-8-5-11-25(14-17)21(28)16-6-3-2-4-7-16/h2-4,6-7,17-18H,5,8-15H2,1H3,(H,22,26)(H,23,27). The van der Waals surface area contributed by atoms with Crippen LogP contribution in [0.5, 0.6) is 0 Å². The number of nitrogens with one attached hydrogen (secondary N) is 2. The van der Waals surface area contributed by atoms with Crippen LogP contribution in [0.1, 0.15) is 36.0 Å². The van der Waals surface area contributed by atoms with Crippen LogP contribution in [0.15, 0.2) is 30.3 Å². The molecule has 0 spiro atoms. The molecule has 2 aliphatic rings. The van der Waals surface area contributed by atoms with Crippen LogP contribution in [0.3, 0.4) is 0 Å². The van der Waals surface area contributed by atoms with Crippen molar-refractivity contribution in [3.8, 4) is 0 Å². The zero-order chi connectivity index (χ0) is 19.9. The number of amides is 3. The monoisotopic (exact) mass is 386 g/mol. The van der Waals surface area contributed by atoms with E-state index in [-0.39, 0.29) is 29.7 Å². The van der Waals surface area contributed by atoms with Crippen molar-refractivity contribution < 1.29 is 14.4 Å². The van der Waals surface area contributed by atoms with Gasteiger partial charge in [-0.25, -0.2) is 0 Å². The Morgan fingerprint density at radius 3 is 2.43 bits per heavy atom. The predicted octanol–water partition coefficient (Wildman–Crippen LogP) is 0.865. The molecule has 0 bridgehead atoms. The molecule has 28 heavy (non-hydrogen) atoms. The van der Waals surface area contributed by atoms with Gasteiger partial charge in [-0.1, -0.05) is 18.2 Å². The highest BCUT2D eigenvalue weighted by Gasteiger charge is 2.30. The zero-order valence-corrected chi connectivity index (χ0v) is 16.5. The maximum atomic E-state index is 12.7. The molecule has 2 saturated heterocycles. The van der Waals surface area contributed by atoms with Crippen LogP contribution < -0.4 is 10.6 Å². The van der Waals surface area contributed by atoms with Crippen molar-refractivity contribution >= 4 is 17.7 Å². The Hall–Kier alpha value is -2.41. The minimum atomic E-state index is -0.148. The third kappa shape index (κ3) is 5.32. The summed E-state index contributed by atoms with van der Waals surface area (Å²) >= 11 is 0. The van der Waals surface area contributed by atoms with Crippen LogP contribution in [0, 0.1) is 5.92 Å². The van der Waals surface area contributed by atoms with Crippen LogP contribution in [0.25, 0.3) is 0 Å².